The summed E-state index contributed by atoms with van der Waals surface area (Å²) in [6.07, 6.45) is 1.30. The van der Waals surface area contributed by atoms with Crippen LogP contribution in [0, 0.1) is 0 Å². The molecule has 2 aromatic rings. The lowest BCUT2D eigenvalue weighted by Gasteiger charge is -2.01. The van der Waals surface area contributed by atoms with Gasteiger partial charge in [-0.2, -0.15) is 5.10 Å². The number of para-hydroxylation sites is 1. The number of hydrazone groups is 1. The summed E-state index contributed by atoms with van der Waals surface area (Å²) in [5.41, 5.74) is 2.40. The summed E-state index contributed by atoms with van der Waals surface area (Å²) in [5, 5.41) is 22.0. The molecule has 0 saturated carbocycles. The van der Waals surface area contributed by atoms with Crippen molar-refractivity contribution in [3.63, 3.8) is 0 Å². The summed E-state index contributed by atoms with van der Waals surface area (Å²) in [5.74, 6) is 0.175. The smallest absolute Gasteiger partial charge is 0.275 e. The lowest BCUT2D eigenvalue weighted by atomic mass is 10.2. The van der Waals surface area contributed by atoms with Crippen molar-refractivity contribution >= 4 is 12.1 Å². The van der Waals surface area contributed by atoms with Crippen LogP contribution in [0.3, 0.4) is 0 Å². The zero-order chi connectivity index (χ0) is 13.7. The molecule has 0 aliphatic rings. The number of amides is 1. The highest BCUT2D eigenvalue weighted by atomic mass is 16.4. The summed E-state index contributed by atoms with van der Waals surface area (Å²) < 4.78 is 5.14. The maximum atomic E-state index is 11.7. The van der Waals surface area contributed by atoms with Crippen LogP contribution in [-0.4, -0.2) is 22.3 Å². The highest BCUT2D eigenvalue weighted by Crippen LogP contribution is 2.14. The molecule has 3 N–H and O–H groups in total. The van der Waals surface area contributed by atoms with Gasteiger partial charge < -0.3 is 14.6 Å². The minimum atomic E-state index is -0.525. The van der Waals surface area contributed by atoms with Crippen molar-refractivity contribution in [1.29, 1.82) is 0 Å². The van der Waals surface area contributed by atoms with E-state index in [9.17, 15) is 9.90 Å². The van der Waals surface area contributed by atoms with E-state index in [0.717, 1.165) is 0 Å². The summed E-state index contributed by atoms with van der Waals surface area (Å²) in [6, 6.07) is 9.37. The number of carbonyl (C=O) groups excluding carboxylic acids is 1. The lowest BCUT2D eigenvalue weighted by molar-refractivity contribution is 0.0952. The third-order valence-corrected chi connectivity index (χ3v) is 2.34. The Morgan fingerprint density at radius 2 is 2.11 bits per heavy atom. The molecule has 1 aromatic carbocycles. The molecule has 2 rings (SSSR count). The molecule has 6 nitrogen and oxygen atoms in total. The van der Waals surface area contributed by atoms with Gasteiger partial charge in [-0.25, -0.2) is 5.43 Å². The van der Waals surface area contributed by atoms with E-state index in [0.29, 0.717) is 11.5 Å². The van der Waals surface area contributed by atoms with Crippen molar-refractivity contribution in [2.24, 2.45) is 5.10 Å². The maximum Gasteiger partial charge on any atom is 0.275 e. The van der Waals surface area contributed by atoms with E-state index in [1.807, 2.05) is 0 Å². The summed E-state index contributed by atoms with van der Waals surface area (Å²) in [4.78, 5) is 11.7. The van der Waals surface area contributed by atoms with Gasteiger partial charge in [0, 0.05) is 0 Å². The van der Waals surface area contributed by atoms with Gasteiger partial charge in [0.2, 0.25) is 0 Å². The number of aliphatic hydroxyl groups excluding tert-OH is 1. The van der Waals surface area contributed by atoms with Crippen LogP contribution in [0.5, 0.6) is 5.75 Å². The fraction of sp³-hybridized carbons (Fsp3) is 0.0769. The first-order chi connectivity index (χ1) is 9.20. The van der Waals surface area contributed by atoms with E-state index < -0.39 is 5.91 Å². The number of aromatic hydroxyl groups is 1. The number of benzene rings is 1. The van der Waals surface area contributed by atoms with E-state index >= 15 is 0 Å². The quantitative estimate of drug-likeness (QED) is 0.569. The van der Waals surface area contributed by atoms with Gasteiger partial charge >= 0.3 is 0 Å². The highest BCUT2D eigenvalue weighted by Gasteiger charge is 2.08. The van der Waals surface area contributed by atoms with E-state index in [-0.39, 0.29) is 17.9 Å². The SMILES string of the molecule is O=C(N/N=C/c1ccc(CO)o1)c1ccccc1O. The van der Waals surface area contributed by atoms with Crippen LogP contribution in [0.1, 0.15) is 21.9 Å². The van der Waals surface area contributed by atoms with E-state index in [1.54, 1.807) is 24.3 Å². The second-order valence-electron chi connectivity index (χ2n) is 3.68. The van der Waals surface area contributed by atoms with Crippen molar-refractivity contribution in [2.75, 3.05) is 0 Å². The molecule has 0 radical (unpaired) electrons. The number of furan rings is 1. The molecule has 0 saturated heterocycles. The first kappa shape index (κ1) is 12.8. The number of nitrogens with one attached hydrogen (secondary N) is 1. The van der Waals surface area contributed by atoms with E-state index in [4.69, 9.17) is 9.52 Å². The predicted molar refractivity (Wildman–Crippen MR) is 67.8 cm³/mol. The van der Waals surface area contributed by atoms with E-state index in [1.165, 1.54) is 18.3 Å². The van der Waals surface area contributed by atoms with Crippen molar-refractivity contribution < 1.29 is 19.4 Å². The van der Waals surface area contributed by atoms with Gasteiger partial charge in [0.1, 0.15) is 23.9 Å². The van der Waals surface area contributed by atoms with Gasteiger partial charge in [-0.05, 0) is 24.3 Å². The van der Waals surface area contributed by atoms with Crippen LogP contribution < -0.4 is 5.43 Å². The Labute approximate surface area is 109 Å². The van der Waals surface area contributed by atoms with Gasteiger partial charge in [0.15, 0.2) is 0 Å². The van der Waals surface area contributed by atoms with Crippen molar-refractivity contribution in [1.82, 2.24) is 5.43 Å². The number of hydrogen-bond donors (Lipinski definition) is 3. The third-order valence-electron chi connectivity index (χ3n) is 2.34. The molecule has 0 atom stereocenters. The van der Waals surface area contributed by atoms with Crippen LogP contribution in [0.25, 0.3) is 0 Å². The largest absolute Gasteiger partial charge is 0.507 e. The molecule has 19 heavy (non-hydrogen) atoms. The Kier molecular flexibility index (Phi) is 3.94. The molecule has 0 aliphatic carbocycles. The molecular formula is C13H12N2O4. The maximum absolute atomic E-state index is 11.7. The lowest BCUT2D eigenvalue weighted by Crippen LogP contribution is -2.17. The van der Waals surface area contributed by atoms with Crippen molar-refractivity contribution in [3.8, 4) is 5.75 Å². The fourth-order valence-corrected chi connectivity index (χ4v) is 1.43. The standard InChI is InChI=1S/C13H12N2O4/c16-8-10-6-5-9(19-10)7-14-15-13(18)11-3-1-2-4-12(11)17/h1-7,16-17H,8H2,(H,15,18)/b14-7+. The monoisotopic (exact) mass is 260 g/mol. The van der Waals surface area contributed by atoms with Crippen LogP contribution >= 0.6 is 0 Å². The summed E-state index contributed by atoms with van der Waals surface area (Å²) in [7, 11) is 0. The Bertz CT molecular complexity index is 604. The minimum absolute atomic E-state index is 0.115. The average molecular weight is 260 g/mol. The molecule has 0 aliphatic heterocycles. The number of rotatable bonds is 4. The molecule has 0 spiro atoms. The molecule has 0 bridgehead atoms. The molecule has 0 fully saturated rings. The predicted octanol–water partition coefficient (Wildman–Crippen LogP) is 1.24. The van der Waals surface area contributed by atoms with Gasteiger partial charge in [0.05, 0.1) is 11.8 Å². The number of carbonyl (C=O) groups is 1. The molecule has 98 valence electrons. The Morgan fingerprint density at radius 3 is 2.79 bits per heavy atom. The van der Waals surface area contributed by atoms with Gasteiger partial charge in [0.25, 0.3) is 5.91 Å². The van der Waals surface area contributed by atoms with Crippen LogP contribution in [0.4, 0.5) is 0 Å². The molecule has 1 amide bonds. The topological polar surface area (TPSA) is 95.1 Å². The minimum Gasteiger partial charge on any atom is -0.507 e. The molecule has 6 heteroatoms. The molecule has 0 unspecified atom stereocenters. The normalized spacial score (nSPS) is 10.8. The fourth-order valence-electron chi connectivity index (χ4n) is 1.43. The number of phenolic OH excluding ortho intramolecular Hbond substituents is 1. The van der Waals surface area contributed by atoms with E-state index in [2.05, 4.69) is 10.5 Å². The number of aliphatic hydroxyl groups is 1. The van der Waals surface area contributed by atoms with Crippen LogP contribution in [0.15, 0.2) is 45.9 Å². The number of nitrogens with zero attached hydrogens (tertiary/aromatic N) is 1. The number of phenols is 1. The van der Waals surface area contributed by atoms with Gasteiger partial charge in [-0.15, -0.1) is 0 Å². The average Bonchev–Trinajstić information content (AvgIpc) is 2.87. The Morgan fingerprint density at radius 1 is 1.32 bits per heavy atom. The van der Waals surface area contributed by atoms with Gasteiger partial charge in [-0.1, -0.05) is 12.1 Å². The Balaban J connectivity index is 1.99. The van der Waals surface area contributed by atoms with Crippen molar-refractivity contribution in [3.05, 3.63) is 53.5 Å². The van der Waals surface area contributed by atoms with Crippen LogP contribution in [-0.2, 0) is 6.61 Å². The third kappa shape index (κ3) is 3.20. The summed E-state index contributed by atoms with van der Waals surface area (Å²) >= 11 is 0. The van der Waals surface area contributed by atoms with Crippen molar-refractivity contribution in [2.45, 2.75) is 6.61 Å². The molecule has 1 heterocycles. The Hall–Kier alpha value is -2.60. The second-order valence-corrected chi connectivity index (χ2v) is 3.68. The molecular weight excluding hydrogens is 248 g/mol. The summed E-state index contributed by atoms with van der Waals surface area (Å²) in [6.45, 7) is -0.196. The zero-order valence-corrected chi connectivity index (χ0v) is 9.91. The number of hydrogen-bond acceptors (Lipinski definition) is 5. The second kappa shape index (κ2) is 5.83. The van der Waals surface area contributed by atoms with Crippen LogP contribution in [0.2, 0.25) is 0 Å². The first-order valence-electron chi connectivity index (χ1n) is 5.51. The van der Waals surface area contributed by atoms with Gasteiger partial charge in [-0.3, -0.25) is 4.79 Å². The first-order valence-corrected chi connectivity index (χ1v) is 5.51. The molecule has 1 aromatic heterocycles. The zero-order valence-electron chi connectivity index (χ0n) is 9.91. The highest BCUT2D eigenvalue weighted by molar-refractivity contribution is 5.97.